The Bertz CT molecular complexity index is 1110. The summed E-state index contributed by atoms with van der Waals surface area (Å²) in [5.74, 6) is 0.721. The summed E-state index contributed by atoms with van der Waals surface area (Å²) >= 11 is 0. The van der Waals surface area contributed by atoms with Gasteiger partial charge in [-0.15, -0.1) is 0 Å². The third-order valence-corrected chi connectivity index (χ3v) is 4.98. The first kappa shape index (κ1) is 22.9. The van der Waals surface area contributed by atoms with Crippen molar-refractivity contribution in [1.82, 2.24) is 4.57 Å². The summed E-state index contributed by atoms with van der Waals surface area (Å²) in [5, 5.41) is 9.63. The van der Waals surface area contributed by atoms with Gasteiger partial charge in [0, 0.05) is 31.3 Å². The van der Waals surface area contributed by atoms with Crippen molar-refractivity contribution in [3.05, 3.63) is 77.1 Å². The average molecular weight is 434 g/mol. The maximum atomic E-state index is 12.3. The monoisotopic (exact) mass is 434 g/mol. The molecule has 3 aromatic rings. The minimum Gasteiger partial charge on any atom is -0.496 e. The number of hydrogen-bond acceptors (Lipinski definition) is 6. The van der Waals surface area contributed by atoms with Crippen molar-refractivity contribution in [2.24, 2.45) is 0 Å². The lowest BCUT2D eigenvalue weighted by Gasteiger charge is -2.12. The van der Waals surface area contributed by atoms with E-state index in [4.69, 9.17) is 18.9 Å². The van der Waals surface area contributed by atoms with Gasteiger partial charge in [-0.3, -0.25) is 0 Å². The van der Waals surface area contributed by atoms with Crippen LogP contribution in [0.5, 0.6) is 11.5 Å². The molecule has 0 aliphatic rings. The van der Waals surface area contributed by atoms with E-state index in [1.54, 1.807) is 38.4 Å². The quantitative estimate of drug-likeness (QED) is 0.349. The number of para-hydroxylation sites is 1. The molecule has 0 bridgehead atoms. The molecule has 0 N–H and O–H groups in total. The molecular weight excluding hydrogens is 408 g/mol. The number of nitriles is 1. The maximum absolute atomic E-state index is 12.3. The number of hydrogen-bond donors (Lipinski definition) is 0. The number of rotatable bonds is 10. The van der Waals surface area contributed by atoms with Crippen LogP contribution in [0.4, 0.5) is 0 Å². The third-order valence-electron chi connectivity index (χ3n) is 4.98. The molecule has 0 fully saturated rings. The number of esters is 1. The molecule has 1 heterocycles. The number of benzene rings is 2. The summed E-state index contributed by atoms with van der Waals surface area (Å²) in [6, 6.07) is 15.3. The van der Waals surface area contributed by atoms with E-state index in [0.717, 1.165) is 29.0 Å². The van der Waals surface area contributed by atoms with E-state index < -0.39 is 5.97 Å². The highest BCUT2D eigenvalue weighted by Crippen LogP contribution is 2.26. The minimum absolute atomic E-state index is 0.00482. The maximum Gasteiger partial charge on any atom is 0.341 e. The van der Waals surface area contributed by atoms with Crippen LogP contribution < -0.4 is 9.47 Å². The van der Waals surface area contributed by atoms with Crippen molar-refractivity contribution < 1.29 is 23.7 Å². The van der Waals surface area contributed by atoms with Gasteiger partial charge in [-0.05, 0) is 49.1 Å². The Labute approximate surface area is 187 Å². The largest absolute Gasteiger partial charge is 0.496 e. The van der Waals surface area contributed by atoms with Crippen molar-refractivity contribution in [3.63, 3.8) is 0 Å². The van der Waals surface area contributed by atoms with Gasteiger partial charge in [-0.25, -0.2) is 4.79 Å². The number of methoxy groups -OCH3 is 2. The summed E-state index contributed by atoms with van der Waals surface area (Å²) in [6.45, 7) is 2.01. The van der Waals surface area contributed by atoms with Crippen LogP contribution in [0.2, 0.25) is 0 Å². The lowest BCUT2D eigenvalue weighted by atomic mass is 10.0. The van der Waals surface area contributed by atoms with E-state index in [-0.39, 0.29) is 13.4 Å². The fourth-order valence-electron chi connectivity index (χ4n) is 3.42. The van der Waals surface area contributed by atoms with Gasteiger partial charge >= 0.3 is 5.97 Å². The first-order valence-electron chi connectivity index (χ1n) is 10.3. The molecule has 0 aliphatic heterocycles. The summed E-state index contributed by atoms with van der Waals surface area (Å²) in [7, 11) is 3.16. The Morgan fingerprint density at radius 1 is 1.03 bits per heavy atom. The lowest BCUT2D eigenvalue weighted by molar-refractivity contribution is 0.0438. The predicted molar refractivity (Wildman–Crippen MR) is 119 cm³/mol. The van der Waals surface area contributed by atoms with Gasteiger partial charge in [0.1, 0.15) is 23.1 Å². The van der Waals surface area contributed by atoms with E-state index in [2.05, 4.69) is 6.07 Å². The summed E-state index contributed by atoms with van der Waals surface area (Å²) < 4.78 is 23.0. The lowest BCUT2D eigenvalue weighted by Crippen LogP contribution is -2.10. The zero-order valence-electron chi connectivity index (χ0n) is 18.5. The van der Waals surface area contributed by atoms with Gasteiger partial charge in [-0.1, -0.05) is 18.2 Å². The van der Waals surface area contributed by atoms with Gasteiger partial charge < -0.3 is 23.5 Å². The SMILES string of the molecule is CCOC(=O)c1ccc(-n2cc(C#N)c(CCc3ccccc3OC)c2)cc1OCOC. The molecule has 0 unspecified atom stereocenters. The Hall–Kier alpha value is -3.76. The van der Waals surface area contributed by atoms with Crippen molar-refractivity contribution >= 4 is 5.97 Å². The van der Waals surface area contributed by atoms with Gasteiger partial charge in [0.15, 0.2) is 6.79 Å². The van der Waals surface area contributed by atoms with Crippen molar-refractivity contribution in [2.75, 3.05) is 27.6 Å². The van der Waals surface area contributed by atoms with Crippen LogP contribution >= 0.6 is 0 Å². The highest BCUT2D eigenvalue weighted by Gasteiger charge is 2.16. The number of nitrogens with zero attached hydrogens (tertiary/aromatic N) is 2. The third kappa shape index (κ3) is 5.29. The highest BCUT2D eigenvalue weighted by molar-refractivity contribution is 5.92. The Balaban J connectivity index is 1.88. The first-order chi connectivity index (χ1) is 15.6. The molecule has 7 nitrogen and oxygen atoms in total. The molecule has 3 rings (SSSR count). The van der Waals surface area contributed by atoms with Gasteiger partial charge in [0.25, 0.3) is 0 Å². The summed E-state index contributed by atoms with van der Waals surface area (Å²) in [4.78, 5) is 12.3. The van der Waals surface area contributed by atoms with Crippen molar-refractivity contribution in [1.29, 1.82) is 5.26 Å². The van der Waals surface area contributed by atoms with Crippen LogP contribution in [0.15, 0.2) is 54.9 Å². The van der Waals surface area contributed by atoms with Crippen LogP contribution in [0.25, 0.3) is 5.69 Å². The molecule has 0 saturated heterocycles. The van der Waals surface area contributed by atoms with E-state index in [0.29, 0.717) is 23.3 Å². The van der Waals surface area contributed by atoms with Crippen LogP contribution in [0.3, 0.4) is 0 Å². The molecule has 0 amide bonds. The van der Waals surface area contributed by atoms with E-state index >= 15 is 0 Å². The Morgan fingerprint density at radius 2 is 1.81 bits per heavy atom. The average Bonchev–Trinajstić information content (AvgIpc) is 3.24. The fourth-order valence-corrected chi connectivity index (χ4v) is 3.42. The van der Waals surface area contributed by atoms with Gasteiger partial charge in [0.05, 0.1) is 19.3 Å². The molecule has 0 atom stereocenters. The molecule has 166 valence electrons. The molecule has 2 aromatic carbocycles. The second-order valence-electron chi connectivity index (χ2n) is 6.98. The Morgan fingerprint density at radius 3 is 2.53 bits per heavy atom. The molecule has 32 heavy (non-hydrogen) atoms. The fraction of sp³-hybridized carbons (Fsp3) is 0.280. The summed E-state index contributed by atoms with van der Waals surface area (Å²) in [5.41, 5.74) is 3.67. The van der Waals surface area contributed by atoms with Crippen LogP contribution in [0, 0.1) is 11.3 Å². The summed E-state index contributed by atoms with van der Waals surface area (Å²) in [6.07, 6.45) is 5.13. The molecular formula is C25H26N2O5. The first-order valence-corrected chi connectivity index (χ1v) is 10.3. The smallest absolute Gasteiger partial charge is 0.341 e. The number of ether oxygens (including phenoxy) is 4. The molecule has 7 heteroatoms. The Kier molecular flexibility index (Phi) is 7.90. The number of carbonyl (C=O) groups is 1. The van der Waals surface area contributed by atoms with Gasteiger partial charge in [0.2, 0.25) is 0 Å². The van der Waals surface area contributed by atoms with E-state index in [9.17, 15) is 10.1 Å². The second kappa shape index (κ2) is 11.0. The topological polar surface area (TPSA) is 82.7 Å². The highest BCUT2D eigenvalue weighted by atomic mass is 16.7. The van der Waals surface area contributed by atoms with Crippen LogP contribution in [0.1, 0.15) is 34.0 Å². The second-order valence-corrected chi connectivity index (χ2v) is 6.98. The zero-order valence-corrected chi connectivity index (χ0v) is 18.5. The number of carbonyl (C=O) groups excluding carboxylic acids is 1. The normalized spacial score (nSPS) is 10.4. The standard InChI is InChI=1S/C25H26N2O5/c1-4-31-25(28)22-12-11-21(13-24(22)32-17-29-2)27-15-19(20(14-26)16-27)10-9-18-7-5-6-8-23(18)30-3/h5-8,11-13,15-16H,4,9-10,17H2,1-3H3. The minimum atomic E-state index is -0.465. The number of aromatic nitrogens is 1. The van der Waals surface area contributed by atoms with Crippen LogP contribution in [-0.4, -0.2) is 38.2 Å². The molecule has 0 spiro atoms. The van der Waals surface area contributed by atoms with Crippen molar-refractivity contribution in [2.45, 2.75) is 19.8 Å². The number of aryl methyl sites for hydroxylation is 2. The van der Waals surface area contributed by atoms with E-state index in [1.807, 2.05) is 35.0 Å². The molecule has 0 saturated carbocycles. The van der Waals surface area contributed by atoms with Gasteiger partial charge in [-0.2, -0.15) is 5.26 Å². The van der Waals surface area contributed by atoms with Crippen molar-refractivity contribution in [3.8, 4) is 23.3 Å². The molecule has 0 aliphatic carbocycles. The zero-order chi connectivity index (χ0) is 22.9. The van der Waals surface area contributed by atoms with E-state index in [1.165, 1.54) is 7.11 Å². The predicted octanol–water partition coefficient (Wildman–Crippen LogP) is 4.30. The van der Waals surface area contributed by atoms with Crippen LogP contribution in [-0.2, 0) is 22.3 Å². The molecule has 1 aromatic heterocycles. The molecule has 0 radical (unpaired) electrons.